The highest BCUT2D eigenvalue weighted by atomic mass is 16.5. The molecule has 2 aromatic rings. The Morgan fingerprint density at radius 3 is 2.48 bits per heavy atom. The van der Waals surface area contributed by atoms with Gasteiger partial charge in [0.1, 0.15) is 5.75 Å². The number of likely N-dealkylation sites (N-methyl/N-ethyl adjacent to an activating group) is 1. The molecule has 0 saturated carbocycles. The molecule has 122 valence electrons. The molecule has 0 aliphatic rings. The number of hydrogen-bond donors (Lipinski definition) is 1. The normalized spacial score (nSPS) is 12.0. The second kappa shape index (κ2) is 8.34. The summed E-state index contributed by atoms with van der Waals surface area (Å²) in [6, 6.07) is 17.4. The van der Waals surface area contributed by atoms with E-state index >= 15 is 0 Å². The van der Waals surface area contributed by atoms with Crippen molar-refractivity contribution in [3.63, 3.8) is 0 Å². The molecular formula is C19H24N2O2. The van der Waals surface area contributed by atoms with E-state index < -0.39 is 0 Å². The summed E-state index contributed by atoms with van der Waals surface area (Å²) in [6.45, 7) is 4.58. The van der Waals surface area contributed by atoms with Crippen molar-refractivity contribution in [2.75, 3.05) is 18.9 Å². The zero-order valence-electron chi connectivity index (χ0n) is 14.0. The number of nitrogens with zero attached hydrogens (tertiary/aromatic N) is 1. The predicted molar refractivity (Wildman–Crippen MR) is 94.0 cm³/mol. The lowest BCUT2D eigenvalue weighted by atomic mass is 10.2. The van der Waals surface area contributed by atoms with E-state index in [9.17, 15) is 4.79 Å². The molecule has 0 saturated heterocycles. The van der Waals surface area contributed by atoms with E-state index in [2.05, 4.69) is 19.2 Å². The number of rotatable bonds is 7. The van der Waals surface area contributed by atoms with Gasteiger partial charge in [0.15, 0.2) is 5.75 Å². The Morgan fingerprint density at radius 2 is 1.78 bits per heavy atom. The lowest BCUT2D eigenvalue weighted by Gasteiger charge is -2.23. The largest absolute Gasteiger partial charge is 0.455 e. The van der Waals surface area contributed by atoms with Crippen molar-refractivity contribution in [1.29, 1.82) is 0 Å². The Morgan fingerprint density at radius 1 is 1.13 bits per heavy atom. The van der Waals surface area contributed by atoms with Crippen molar-refractivity contribution in [3.8, 4) is 11.5 Å². The summed E-state index contributed by atoms with van der Waals surface area (Å²) in [6.07, 6.45) is 1.01. The predicted octanol–water partition coefficient (Wildman–Crippen LogP) is 4.15. The van der Waals surface area contributed by atoms with Gasteiger partial charge in [-0.15, -0.1) is 0 Å². The molecule has 0 heterocycles. The van der Waals surface area contributed by atoms with Gasteiger partial charge in [0, 0.05) is 6.04 Å². The van der Waals surface area contributed by atoms with Crippen LogP contribution in [0, 0.1) is 0 Å². The monoisotopic (exact) mass is 312 g/mol. The number of ether oxygens (including phenoxy) is 1. The van der Waals surface area contributed by atoms with Crippen molar-refractivity contribution in [1.82, 2.24) is 4.90 Å². The number of benzene rings is 2. The van der Waals surface area contributed by atoms with Crippen LogP contribution in [-0.4, -0.2) is 30.4 Å². The zero-order chi connectivity index (χ0) is 16.7. The van der Waals surface area contributed by atoms with Crippen molar-refractivity contribution in [3.05, 3.63) is 54.6 Å². The van der Waals surface area contributed by atoms with Crippen LogP contribution in [0.4, 0.5) is 5.69 Å². The first-order valence-electron chi connectivity index (χ1n) is 7.92. The molecule has 4 heteroatoms. The molecule has 0 aliphatic heterocycles. The smallest absolute Gasteiger partial charge is 0.238 e. The molecule has 0 spiro atoms. The van der Waals surface area contributed by atoms with E-state index in [1.807, 2.05) is 66.5 Å². The first-order valence-corrected chi connectivity index (χ1v) is 7.92. The van der Waals surface area contributed by atoms with Crippen LogP contribution >= 0.6 is 0 Å². The summed E-state index contributed by atoms with van der Waals surface area (Å²) in [5, 5.41) is 2.94. The van der Waals surface area contributed by atoms with Crippen molar-refractivity contribution in [2.24, 2.45) is 0 Å². The van der Waals surface area contributed by atoms with Gasteiger partial charge in [-0.05, 0) is 44.7 Å². The lowest BCUT2D eigenvalue weighted by Crippen LogP contribution is -2.36. The van der Waals surface area contributed by atoms with Crippen LogP contribution in [0.1, 0.15) is 20.3 Å². The van der Waals surface area contributed by atoms with Gasteiger partial charge in [-0.1, -0.05) is 37.3 Å². The number of hydrogen-bond acceptors (Lipinski definition) is 3. The topological polar surface area (TPSA) is 41.6 Å². The molecule has 0 fully saturated rings. The molecule has 0 radical (unpaired) electrons. The molecule has 2 aromatic carbocycles. The van der Waals surface area contributed by atoms with Crippen molar-refractivity contribution >= 4 is 11.6 Å². The van der Waals surface area contributed by atoms with Gasteiger partial charge >= 0.3 is 0 Å². The third-order valence-electron chi connectivity index (χ3n) is 3.87. The third-order valence-corrected chi connectivity index (χ3v) is 3.87. The van der Waals surface area contributed by atoms with E-state index in [4.69, 9.17) is 4.74 Å². The van der Waals surface area contributed by atoms with Crippen LogP contribution in [0.25, 0.3) is 0 Å². The van der Waals surface area contributed by atoms with Gasteiger partial charge < -0.3 is 10.1 Å². The molecule has 1 unspecified atom stereocenters. The fourth-order valence-electron chi connectivity index (χ4n) is 2.16. The summed E-state index contributed by atoms with van der Waals surface area (Å²) in [5.74, 6) is 1.33. The minimum Gasteiger partial charge on any atom is -0.455 e. The Kier molecular flexibility index (Phi) is 6.18. The fraction of sp³-hybridized carbons (Fsp3) is 0.316. The number of anilines is 1. The SMILES string of the molecule is CCC(C)N(C)CC(=O)Nc1ccccc1Oc1ccccc1. The molecule has 2 rings (SSSR count). The lowest BCUT2D eigenvalue weighted by molar-refractivity contribution is -0.117. The van der Waals surface area contributed by atoms with Crippen molar-refractivity contribution < 1.29 is 9.53 Å². The summed E-state index contributed by atoms with van der Waals surface area (Å²) in [4.78, 5) is 14.3. The van der Waals surface area contributed by atoms with E-state index in [-0.39, 0.29) is 5.91 Å². The molecule has 0 bridgehead atoms. The Balaban J connectivity index is 2.04. The highest BCUT2D eigenvalue weighted by Crippen LogP contribution is 2.29. The van der Waals surface area contributed by atoms with Crippen LogP contribution in [-0.2, 0) is 4.79 Å². The Hall–Kier alpha value is -2.33. The average molecular weight is 312 g/mol. The summed E-state index contributed by atoms with van der Waals surface area (Å²) >= 11 is 0. The summed E-state index contributed by atoms with van der Waals surface area (Å²) in [5.41, 5.74) is 0.680. The van der Waals surface area contributed by atoms with E-state index in [1.54, 1.807) is 0 Å². The maximum Gasteiger partial charge on any atom is 0.238 e. The molecule has 0 aliphatic carbocycles. The van der Waals surface area contributed by atoms with Gasteiger partial charge in [0.2, 0.25) is 5.91 Å². The third kappa shape index (κ3) is 5.11. The van der Waals surface area contributed by atoms with Crippen molar-refractivity contribution in [2.45, 2.75) is 26.3 Å². The van der Waals surface area contributed by atoms with Crippen LogP contribution in [0.15, 0.2) is 54.6 Å². The van der Waals surface area contributed by atoms with Crippen LogP contribution < -0.4 is 10.1 Å². The van der Waals surface area contributed by atoms with Gasteiger partial charge in [0.05, 0.1) is 12.2 Å². The average Bonchev–Trinajstić information content (AvgIpc) is 2.56. The quantitative estimate of drug-likeness (QED) is 0.835. The van der Waals surface area contributed by atoms with E-state index in [0.717, 1.165) is 12.2 Å². The standard InChI is InChI=1S/C19H24N2O2/c1-4-15(2)21(3)14-19(22)20-17-12-8-9-13-18(17)23-16-10-6-5-7-11-16/h5-13,15H,4,14H2,1-3H3,(H,20,22). The second-order valence-corrected chi connectivity index (χ2v) is 5.63. The van der Waals surface area contributed by atoms with Gasteiger partial charge in [0.25, 0.3) is 0 Å². The molecule has 23 heavy (non-hydrogen) atoms. The molecule has 0 aromatic heterocycles. The molecule has 1 atom stereocenters. The highest BCUT2D eigenvalue weighted by Gasteiger charge is 2.13. The number of carbonyl (C=O) groups is 1. The van der Waals surface area contributed by atoms with Crippen LogP contribution in [0.5, 0.6) is 11.5 Å². The van der Waals surface area contributed by atoms with Gasteiger partial charge in [-0.2, -0.15) is 0 Å². The molecule has 4 nitrogen and oxygen atoms in total. The first kappa shape index (κ1) is 17.0. The number of amides is 1. The minimum atomic E-state index is -0.0445. The maximum atomic E-state index is 12.2. The van der Waals surface area contributed by atoms with Crippen LogP contribution in [0.2, 0.25) is 0 Å². The zero-order valence-corrected chi connectivity index (χ0v) is 14.0. The van der Waals surface area contributed by atoms with E-state index in [0.29, 0.717) is 24.0 Å². The summed E-state index contributed by atoms with van der Waals surface area (Å²) in [7, 11) is 1.96. The number of nitrogens with one attached hydrogen (secondary N) is 1. The fourth-order valence-corrected chi connectivity index (χ4v) is 2.16. The van der Waals surface area contributed by atoms with Crippen LogP contribution in [0.3, 0.4) is 0 Å². The number of carbonyl (C=O) groups excluding carboxylic acids is 1. The summed E-state index contributed by atoms with van der Waals surface area (Å²) < 4.78 is 5.86. The molecule has 1 amide bonds. The maximum absolute atomic E-state index is 12.2. The highest BCUT2D eigenvalue weighted by molar-refractivity contribution is 5.93. The van der Waals surface area contributed by atoms with E-state index in [1.165, 1.54) is 0 Å². The molecular weight excluding hydrogens is 288 g/mol. The minimum absolute atomic E-state index is 0.0445. The molecule has 1 N–H and O–H groups in total. The van der Waals surface area contributed by atoms with Gasteiger partial charge in [-0.25, -0.2) is 0 Å². The van der Waals surface area contributed by atoms with Gasteiger partial charge in [-0.3, -0.25) is 9.69 Å². The Bertz CT molecular complexity index is 628. The Labute approximate surface area is 138 Å². The first-order chi connectivity index (χ1) is 11.1. The number of para-hydroxylation sites is 3. The second-order valence-electron chi connectivity index (χ2n) is 5.63.